The van der Waals surface area contributed by atoms with Crippen LogP contribution in [0.3, 0.4) is 0 Å². The molecule has 0 aliphatic carbocycles. The van der Waals surface area contributed by atoms with Gasteiger partial charge in [-0.05, 0) is 35.9 Å². The molecule has 8 heteroatoms. The zero-order chi connectivity index (χ0) is 20.5. The molecule has 0 radical (unpaired) electrons. The number of carbonyl (C=O) groups is 2. The lowest BCUT2D eigenvalue weighted by Gasteiger charge is -2.15. The number of ether oxygens (including phenoxy) is 5. The average molecular weight is 389 g/mol. The molecule has 0 fully saturated rings. The quantitative estimate of drug-likeness (QED) is 0.623. The molecule has 0 aliphatic rings. The van der Waals surface area contributed by atoms with Gasteiger partial charge in [0.15, 0.2) is 29.6 Å². The van der Waals surface area contributed by atoms with Crippen molar-refractivity contribution in [3.05, 3.63) is 41.5 Å². The number of nitrogens with one attached hydrogen (secondary N) is 1. The molecule has 2 aromatic rings. The molecular formula is C20H23NO7. The lowest BCUT2D eigenvalue weighted by Crippen LogP contribution is -2.28. The highest BCUT2D eigenvalue weighted by Gasteiger charge is 2.14. The van der Waals surface area contributed by atoms with Crippen molar-refractivity contribution in [1.82, 2.24) is 5.32 Å². The fourth-order valence-electron chi connectivity index (χ4n) is 2.51. The number of methoxy groups -OCH3 is 4. The zero-order valence-electron chi connectivity index (χ0n) is 16.2. The SMILES string of the molecule is COc1cc(C=O)ccc1OCC(=O)NCc1cc(OC)c(OC)c(OC)c1. The van der Waals surface area contributed by atoms with Gasteiger partial charge in [0.25, 0.3) is 5.91 Å². The van der Waals surface area contributed by atoms with Gasteiger partial charge in [0.1, 0.15) is 6.29 Å². The monoisotopic (exact) mass is 389 g/mol. The summed E-state index contributed by atoms with van der Waals surface area (Å²) in [6.07, 6.45) is 0.705. The van der Waals surface area contributed by atoms with Crippen molar-refractivity contribution in [2.75, 3.05) is 35.0 Å². The minimum absolute atomic E-state index is 0.207. The Labute approximate surface area is 163 Å². The van der Waals surface area contributed by atoms with E-state index in [1.54, 1.807) is 24.3 Å². The maximum atomic E-state index is 12.1. The van der Waals surface area contributed by atoms with E-state index in [1.807, 2.05) is 0 Å². The van der Waals surface area contributed by atoms with Gasteiger partial charge < -0.3 is 29.0 Å². The summed E-state index contributed by atoms with van der Waals surface area (Å²) in [4.78, 5) is 22.9. The van der Waals surface area contributed by atoms with Gasteiger partial charge in [0.2, 0.25) is 5.75 Å². The maximum Gasteiger partial charge on any atom is 0.258 e. The van der Waals surface area contributed by atoms with Crippen LogP contribution in [0, 0.1) is 0 Å². The number of benzene rings is 2. The molecule has 1 amide bonds. The van der Waals surface area contributed by atoms with E-state index in [0.29, 0.717) is 40.6 Å². The van der Waals surface area contributed by atoms with Crippen molar-refractivity contribution in [2.45, 2.75) is 6.54 Å². The van der Waals surface area contributed by atoms with Crippen LogP contribution in [0.4, 0.5) is 0 Å². The van der Waals surface area contributed by atoms with Crippen LogP contribution in [0.2, 0.25) is 0 Å². The largest absolute Gasteiger partial charge is 0.493 e. The van der Waals surface area contributed by atoms with Crippen molar-refractivity contribution < 1.29 is 33.3 Å². The van der Waals surface area contributed by atoms with E-state index in [1.165, 1.54) is 34.5 Å². The minimum Gasteiger partial charge on any atom is -0.493 e. The summed E-state index contributed by atoms with van der Waals surface area (Å²) < 4.78 is 26.5. The normalized spacial score (nSPS) is 10.0. The molecule has 0 atom stereocenters. The Morgan fingerprint density at radius 1 is 0.893 bits per heavy atom. The van der Waals surface area contributed by atoms with Crippen molar-refractivity contribution in [2.24, 2.45) is 0 Å². The second kappa shape index (κ2) is 10.1. The molecule has 0 unspecified atom stereocenters. The first kappa shape index (κ1) is 20.9. The van der Waals surface area contributed by atoms with Gasteiger partial charge >= 0.3 is 0 Å². The third kappa shape index (κ3) is 5.06. The molecule has 1 N–H and O–H groups in total. The number of carbonyl (C=O) groups excluding carboxylic acids is 2. The van der Waals surface area contributed by atoms with E-state index in [2.05, 4.69) is 5.32 Å². The molecule has 0 bridgehead atoms. The molecule has 28 heavy (non-hydrogen) atoms. The fourth-order valence-corrected chi connectivity index (χ4v) is 2.51. The van der Waals surface area contributed by atoms with Crippen molar-refractivity contribution in [3.8, 4) is 28.7 Å². The van der Waals surface area contributed by atoms with Crippen LogP contribution in [0.1, 0.15) is 15.9 Å². The number of aldehydes is 1. The summed E-state index contributed by atoms with van der Waals surface area (Å²) in [6.45, 7) is 0.0430. The van der Waals surface area contributed by atoms with E-state index >= 15 is 0 Å². The molecule has 2 aromatic carbocycles. The predicted molar refractivity (Wildman–Crippen MR) is 102 cm³/mol. The first-order chi connectivity index (χ1) is 13.6. The highest BCUT2D eigenvalue weighted by Crippen LogP contribution is 2.38. The standard InChI is InChI=1S/C20H23NO7/c1-24-16-7-13(11-22)5-6-15(16)28-12-19(23)21-10-14-8-17(25-2)20(27-4)18(9-14)26-3/h5-9,11H,10,12H2,1-4H3,(H,21,23). The third-order valence-electron chi connectivity index (χ3n) is 3.90. The van der Waals surface area contributed by atoms with Crippen LogP contribution in [0.15, 0.2) is 30.3 Å². The Morgan fingerprint density at radius 3 is 2.07 bits per heavy atom. The van der Waals surface area contributed by atoms with Crippen molar-refractivity contribution >= 4 is 12.2 Å². The van der Waals surface area contributed by atoms with Gasteiger partial charge in [0, 0.05) is 12.1 Å². The summed E-state index contributed by atoms with van der Waals surface area (Å²) in [5.74, 6) is 1.91. The molecule has 0 aliphatic heterocycles. The molecule has 2 rings (SSSR count). The Kier molecular flexibility index (Phi) is 7.50. The fraction of sp³-hybridized carbons (Fsp3) is 0.300. The van der Waals surface area contributed by atoms with Gasteiger partial charge in [-0.25, -0.2) is 0 Å². The van der Waals surface area contributed by atoms with E-state index in [-0.39, 0.29) is 19.1 Å². The summed E-state index contributed by atoms with van der Waals surface area (Å²) in [6, 6.07) is 8.21. The predicted octanol–water partition coefficient (Wildman–Crippen LogP) is 2.23. The highest BCUT2D eigenvalue weighted by molar-refractivity contribution is 5.78. The lowest BCUT2D eigenvalue weighted by atomic mass is 10.1. The molecule has 0 spiro atoms. The smallest absolute Gasteiger partial charge is 0.258 e. The van der Waals surface area contributed by atoms with Gasteiger partial charge in [0.05, 0.1) is 28.4 Å². The molecular weight excluding hydrogens is 366 g/mol. The summed E-state index contributed by atoms with van der Waals surface area (Å²) in [5, 5.41) is 2.76. The second-order valence-corrected chi connectivity index (χ2v) is 5.63. The van der Waals surface area contributed by atoms with Crippen LogP contribution >= 0.6 is 0 Å². The second-order valence-electron chi connectivity index (χ2n) is 5.63. The van der Waals surface area contributed by atoms with Crippen LogP contribution < -0.4 is 29.0 Å². The van der Waals surface area contributed by atoms with Gasteiger partial charge in [-0.1, -0.05) is 0 Å². The molecule has 8 nitrogen and oxygen atoms in total. The minimum atomic E-state index is -0.324. The average Bonchev–Trinajstić information content (AvgIpc) is 2.74. The van der Waals surface area contributed by atoms with Crippen LogP contribution in [-0.4, -0.2) is 47.2 Å². The first-order valence-corrected chi connectivity index (χ1v) is 8.37. The Morgan fingerprint density at radius 2 is 1.54 bits per heavy atom. The van der Waals surface area contributed by atoms with Crippen LogP contribution in [0.25, 0.3) is 0 Å². The number of hydrogen-bond acceptors (Lipinski definition) is 7. The van der Waals surface area contributed by atoms with E-state index < -0.39 is 0 Å². The number of amides is 1. The first-order valence-electron chi connectivity index (χ1n) is 8.37. The highest BCUT2D eigenvalue weighted by atomic mass is 16.5. The molecule has 0 heterocycles. The van der Waals surface area contributed by atoms with Crippen molar-refractivity contribution in [3.63, 3.8) is 0 Å². The van der Waals surface area contributed by atoms with E-state index in [0.717, 1.165) is 5.56 Å². The van der Waals surface area contributed by atoms with Crippen LogP contribution in [-0.2, 0) is 11.3 Å². The van der Waals surface area contributed by atoms with Gasteiger partial charge in [-0.2, -0.15) is 0 Å². The topological polar surface area (TPSA) is 92.3 Å². The number of hydrogen-bond donors (Lipinski definition) is 1. The maximum absolute atomic E-state index is 12.1. The summed E-state index contributed by atoms with van der Waals surface area (Å²) in [7, 11) is 6.03. The molecule has 0 saturated heterocycles. The Hall–Kier alpha value is -3.42. The molecule has 0 saturated carbocycles. The van der Waals surface area contributed by atoms with Gasteiger partial charge in [-0.15, -0.1) is 0 Å². The van der Waals surface area contributed by atoms with Crippen LogP contribution in [0.5, 0.6) is 28.7 Å². The lowest BCUT2D eigenvalue weighted by molar-refractivity contribution is -0.123. The molecule has 150 valence electrons. The van der Waals surface area contributed by atoms with E-state index in [9.17, 15) is 9.59 Å². The summed E-state index contributed by atoms with van der Waals surface area (Å²) >= 11 is 0. The number of rotatable bonds is 10. The summed E-state index contributed by atoms with van der Waals surface area (Å²) in [5.41, 5.74) is 1.23. The van der Waals surface area contributed by atoms with Gasteiger partial charge in [-0.3, -0.25) is 9.59 Å². The van der Waals surface area contributed by atoms with Crippen molar-refractivity contribution in [1.29, 1.82) is 0 Å². The zero-order valence-corrected chi connectivity index (χ0v) is 16.2. The Bertz CT molecular complexity index is 810. The Balaban J connectivity index is 1.98. The third-order valence-corrected chi connectivity index (χ3v) is 3.90. The molecule has 0 aromatic heterocycles. The van der Waals surface area contributed by atoms with E-state index in [4.69, 9.17) is 23.7 Å².